The van der Waals surface area contributed by atoms with E-state index in [4.69, 9.17) is 16.0 Å². The van der Waals surface area contributed by atoms with Crippen LogP contribution in [0.3, 0.4) is 0 Å². The van der Waals surface area contributed by atoms with Gasteiger partial charge in [0.05, 0.1) is 29.8 Å². The number of para-hydroxylation sites is 1. The van der Waals surface area contributed by atoms with Crippen LogP contribution in [0.2, 0.25) is 5.02 Å². The Hall–Kier alpha value is -3.64. The van der Waals surface area contributed by atoms with Crippen molar-refractivity contribution < 1.29 is 18.8 Å². The van der Waals surface area contributed by atoms with E-state index in [0.717, 1.165) is 11.3 Å². The van der Waals surface area contributed by atoms with Gasteiger partial charge in [-0.3, -0.25) is 14.4 Å². The molecule has 3 aromatic rings. The molecule has 0 unspecified atom stereocenters. The van der Waals surface area contributed by atoms with E-state index < -0.39 is 23.9 Å². The zero-order valence-corrected chi connectivity index (χ0v) is 17.5. The van der Waals surface area contributed by atoms with Crippen molar-refractivity contribution in [2.75, 3.05) is 9.80 Å². The molecule has 2 amide bonds. The highest BCUT2D eigenvalue weighted by Crippen LogP contribution is 2.49. The second-order valence-electron chi connectivity index (χ2n) is 8.14. The summed E-state index contributed by atoms with van der Waals surface area (Å²) in [6.45, 7) is 0. The molecule has 4 heterocycles. The summed E-state index contributed by atoms with van der Waals surface area (Å²) in [4.78, 5) is 44.0. The van der Waals surface area contributed by atoms with Gasteiger partial charge in [0, 0.05) is 10.7 Å². The molecule has 6 nitrogen and oxygen atoms in total. The molecule has 0 saturated carbocycles. The number of ketones is 1. The van der Waals surface area contributed by atoms with Crippen molar-refractivity contribution in [3.63, 3.8) is 0 Å². The smallest absolute Gasteiger partial charge is 0.240 e. The van der Waals surface area contributed by atoms with Gasteiger partial charge in [0.15, 0.2) is 5.76 Å². The molecule has 2 aromatic carbocycles. The number of anilines is 2. The lowest BCUT2D eigenvalue weighted by Crippen LogP contribution is -2.48. The molecule has 158 valence electrons. The van der Waals surface area contributed by atoms with Gasteiger partial charge in [0.1, 0.15) is 6.04 Å². The lowest BCUT2D eigenvalue weighted by molar-refractivity contribution is -0.122. The molecule has 1 aromatic heterocycles. The number of amides is 2. The van der Waals surface area contributed by atoms with Gasteiger partial charge in [0.25, 0.3) is 0 Å². The second kappa shape index (κ2) is 6.93. The Morgan fingerprint density at radius 1 is 0.906 bits per heavy atom. The molecule has 3 aliphatic rings. The SMILES string of the molecule is O=C(c1ccco1)[C@@H]1[C@@H]2C(=O)N(c3ccc(Cl)cc3)C(=O)[C@@H]2[C@@H]2C=Cc3ccccc3N12. The third-order valence-electron chi connectivity index (χ3n) is 6.53. The molecule has 3 aliphatic heterocycles. The molecule has 7 heteroatoms. The Kier molecular flexibility index (Phi) is 4.13. The first kappa shape index (κ1) is 19.1. The van der Waals surface area contributed by atoms with E-state index in [1.807, 2.05) is 41.3 Å². The van der Waals surface area contributed by atoms with Crippen molar-refractivity contribution in [3.8, 4) is 0 Å². The van der Waals surface area contributed by atoms with E-state index in [9.17, 15) is 14.4 Å². The van der Waals surface area contributed by atoms with E-state index in [1.165, 1.54) is 11.2 Å². The fourth-order valence-corrected chi connectivity index (χ4v) is 5.35. The standard InChI is InChI=1S/C25H17ClN2O4/c26-15-8-10-16(11-9-15)27-24(30)20-18-12-7-14-4-1-2-5-17(14)28(18)22(21(20)25(27)31)23(29)19-6-3-13-32-19/h1-13,18,20-22H/t18-,20+,21+,22-/m0/s1. The fourth-order valence-electron chi connectivity index (χ4n) is 5.22. The van der Waals surface area contributed by atoms with Crippen molar-refractivity contribution in [1.29, 1.82) is 0 Å². The van der Waals surface area contributed by atoms with Crippen LogP contribution in [0.5, 0.6) is 0 Å². The van der Waals surface area contributed by atoms with Crippen molar-refractivity contribution >= 4 is 46.6 Å². The lowest BCUT2D eigenvalue weighted by atomic mass is 9.87. The number of rotatable bonds is 3. The maximum Gasteiger partial charge on any atom is 0.240 e. The number of carbonyl (C=O) groups excluding carboxylic acids is 3. The largest absolute Gasteiger partial charge is 0.461 e. The first-order valence-electron chi connectivity index (χ1n) is 10.3. The van der Waals surface area contributed by atoms with Crippen LogP contribution in [0.15, 0.2) is 77.4 Å². The Morgan fingerprint density at radius 2 is 1.66 bits per heavy atom. The predicted octanol–water partition coefficient (Wildman–Crippen LogP) is 4.21. The van der Waals surface area contributed by atoms with Crippen LogP contribution < -0.4 is 9.80 Å². The molecular weight excluding hydrogens is 428 g/mol. The summed E-state index contributed by atoms with van der Waals surface area (Å²) in [5, 5.41) is 0.511. The van der Waals surface area contributed by atoms with Crippen molar-refractivity contribution in [2.45, 2.75) is 12.1 Å². The number of fused-ring (bicyclic) bond motifs is 5. The molecule has 0 radical (unpaired) electrons. The highest BCUT2D eigenvalue weighted by Gasteiger charge is 2.64. The van der Waals surface area contributed by atoms with Gasteiger partial charge < -0.3 is 9.32 Å². The van der Waals surface area contributed by atoms with Crippen molar-refractivity contribution in [2.24, 2.45) is 11.8 Å². The van der Waals surface area contributed by atoms with Gasteiger partial charge in [-0.2, -0.15) is 0 Å². The molecule has 2 fully saturated rings. The molecule has 0 spiro atoms. The van der Waals surface area contributed by atoms with E-state index in [1.54, 1.807) is 36.4 Å². The molecule has 0 aliphatic carbocycles. The van der Waals surface area contributed by atoms with Crippen molar-refractivity contribution in [3.05, 3.63) is 89.3 Å². The zero-order chi connectivity index (χ0) is 22.0. The first-order chi connectivity index (χ1) is 15.6. The maximum atomic E-state index is 13.7. The number of hydrogen-bond donors (Lipinski definition) is 0. The summed E-state index contributed by atoms with van der Waals surface area (Å²) in [6.07, 6.45) is 5.31. The van der Waals surface area contributed by atoms with Crippen LogP contribution in [0, 0.1) is 11.8 Å². The average molecular weight is 445 g/mol. The van der Waals surface area contributed by atoms with Crippen LogP contribution in [0.4, 0.5) is 11.4 Å². The quantitative estimate of drug-likeness (QED) is 0.447. The second-order valence-corrected chi connectivity index (χ2v) is 8.58. The van der Waals surface area contributed by atoms with Crippen LogP contribution in [0.1, 0.15) is 16.1 Å². The summed E-state index contributed by atoms with van der Waals surface area (Å²) < 4.78 is 5.39. The minimum Gasteiger partial charge on any atom is -0.461 e. The highest BCUT2D eigenvalue weighted by atomic mass is 35.5. The number of benzene rings is 2. The number of nitrogens with zero attached hydrogens (tertiary/aromatic N) is 2. The molecule has 0 N–H and O–H groups in total. The van der Waals surface area contributed by atoms with E-state index in [-0.39, 0.29) is 23.4 Å². The molecule has 6 rings (SSSR count). The van der Waals surface area contributed by atoms with E-state index >= 15 is 0 Å². The van der Waals surface area contributed by atoms with E-state index in [0.29, 0.717) is 10.7 Å². The van der Waals surface area contributed by atoms with Gasteiger partial charge in [0.2, 0.25) is 17.6 Å². The number of carbonyl (C=O) groups is 3. The summed E-state index contributed by atoms with van der Waals surface area (Å²) >= 11 is 5.99. The van der Waals surface area contributed by atoms with Gasteiger partial charge >= 0.3 is 0 Å². The number of halogens is 1. The normalized spacial score (nSPS) is 25.7. The molecule has 0 bridgehead atoms. The van der Waals surface area contributed by atoms with Crippen LogP contribution >= 0.6 is 11.6 Å². The number of Topliss-reactive ketones (excluding diaryl/α,β-unsaturated/α-hetero) is 1. The Morgan fingerprint density at radius 3 is 2.41 bits per heavy atom. The monoisotopic (exact) mass is 444 g/mol. The maximum absolute atomic E-state index is 13.7. The molecule has 32 heavy (non-hydrogen) atoms. The lowest BCUT2D eigenvalue weighted by Gasteiger charge is -2.36. The fraction of sp³-hybridized carbons (Fsp3) is 0.160. The Bertz CT molecular complexity index is 1280. The van der Waals surface area contributed by atoms with Crippen molar-refractivity contribution in [1.82, 2.24) is 0 Å². The molecule has 4 atom stereocenters. The number of furan rings is 1. The minimum absolute atomic E-state index is 0.173. The summed E-state index contributed by atoms with van der Waals surface area (Å²) in [5.41, 5.74) is 2.23. The average Bonchev–Trinajstić information content (AvgIpc) is 3.51. The Balaban J connectivity index is 1.50. The van der Waals surface area contributed by atoms with Crippen LogP contribution in [0.25, 0.3) is 6.08 Å². The number of hydrogen-bond acceptors (Lipinski definition) is 5. The van der Waals surface area contributed by atoms with Gasteiger partial charge in [-0.05, 0) is 48.0 Å². The van der Waals surface area contributed by atoms with E-state index in [2.05, 4.69) is 0 Å². The van der Waals surface area contributed by atoms with Gasteiger partial charge in [-0.1, -0.05) is 42.0 Å². The Labute approximate surface area is 188 Å². The molecule has 2 saturated heterocycles. The minimum atomic E-state index is -0.851. The third kappa shape index (κ3) is 2.56. The summed E-state index contributed by atoms with van der Waals surface area (Å²) in [5.74, 6) is -2.32. The third-order valence-corrected chi connectivity index (χ3v) is 6.78. The predicted molar refractivity (Wildman–Crippen MR) is 119 cm³/mol. The summed E-state index contributed by atoms with van der Waals surface area (Å²) in [6, 6.07) is 16.2. The van der Waals surface area contributed by atoms with Gasteiger partial charge in [-0.15, -0.1) is 0 Å². The molecular formula is C25H17ClN2O4. The van der Waals surface area contributed by atoms with Crippen LogP contribution in [-0.4, -0.2) is 29.7 Å². The first-order valence-corrected chi connectivity index (χ1v) is 10.7. The summed E-state index contributed by atoms with van der Waals surface area (Å²) in [7, 11) is 0. The van der Waals surface area contributed by atoms with Crippen LogP contribution in [-0.2, 0) is 9.59 Å². The zero-order valence-electron chi connectivity index (χ0n) is 16.7. The highest BCUT2D eigenvalue weighted by molar-refractivity contribution is 6.31. The van der Waals surface area contributed by atoms with Gasteiger partial charge in [-0.25, -0.2) is 4.90 Å². The number of imide groups is 1. The topological polar surface area (TPSA) is 70.8 Å².